The third-order valence-corrected chi connectivity index (χ3v) is 4.03. The van der Waals surface area contributed by atoms with E-state index in [0.29, 0.717) is 11.4 Å². The summed E-state index contributed by atoms with van der Waals surface area (Å²) < 4.78 is 0. The number of benzene rings is 1. The average Bonchev–Trinajstić information content (AvgIpc) is 2.48. The van der Waals surface area contributed by atoms with E-state index in [1.165, 1.54) is 0 Å². The monoisotopic (exact) mass is 318 g/mol. The third-order valence-electron chi connectivity index (χ3n) is 4.03. The fraction of sp³-hybridized carbons (Fsp3) is 0.438. The summed E-state index contributed by atoms with van der Waals surface area (Å²) in [7, 11) is 0. The Morgan fingerprint density at radius 2 is 1.48 bits per heavy atom. The first-order valence-electron chi connectivity index (χ1n) is 7.68. The van der Waals surface area contributed by atoms with Gasteiger partial charge in [-0.15, -0.1) is 0 Å². The molecule has 1 aromatic carbocycles. The van der Waals surface area contributed by atoms with Crippen LogP contribution in [0.1, 0.15) is 33.1 Å². The van der Waals surface area contributed by atoms with Crippen LogP contribution in [0.2, 0.25) is 0 Å². The van der Waals surface area contributed by atoms with Crippen molar-refractivity contribution in [2.45, 2.75) is 45.2 Å². The van der Waals surface area contributed by atoms with E-state index in [4.69, 9.17) is 5.73 Å². The normalized spacial score (nSPS) is 20.7. The fourth-order valence-corrected chi connectivity index (χ4v) is 2.90. The molecule has 4 N–H and O–H groups in total. The second kappa shape index (κ2) is 7.13. The number of rotatable bonds is 2. The molecule has 1 fully saturated rings. The van der Waals surface area contributed by atoms with Gasteiger partial charge in [-0.2, -0.15) is 0 Å². The van der Waals surface area contributed by atoms with Gasteiger partial charge in [0.2, 0.25) is 0 Å². The maximum Gasteiger partial charge on any atom is 0.316 e. The zero-order valence-electron chi connectivity index (χ0n) is 13.3. The summed E-state index contributed by atoms with van der Waals surface area (Å²) in [6.07, 6.45) is 2.90. The van der Waals surface area contributed by atoms with Crippen LogP contribution in [0.4, 0.5) is 16.2 Å². The summed E-state index contributed by atoms with van der Waals surface area (Å²) in [5, 5.41) is 5.01. The Morgan fingerprint density at radius 3 is 1.96 bits per heavy atom. The predicted molar refractivity (Wildman–Crippen MR) is 87.9 cm³/mol. The van der Waals surface area contributed by atoms with Crippen LogP contribution in [-0.4, -0.2) is 34.8 Å². The molecule has 0 spiro atoms. The number of nitrogens with one attached hydrogen (secondary N) is 2. The standard InChI is InChI=1S/C16H22N4O3/c1-10-4-3-5-11(2)20(10)15(22)14(21)18-12-6-8-13(9-7-12)19-16(17)23/h6-11H,3-5H2,1-2H3,(H,18,21)(H3,17,19,23). The second-order valence-electron chi connectivity index (χ2n) is 5.86. The molecule has 1 saturated heterocycles. The SMILES string of the molecule is CC1CCCC(C)N1C(=O)C(=O)Nc1ccc(NC(N)=O)cc1. The maximum absolute atomic E-state index is 12.4. The first-order valence-corrected chi connectivity index (χ1v) is 7.68. The Labute approximate surface area is 135 Å². The van der Waals surface area contributed by atoms with Gasteiger partial charge in [-0.3, -0.25) is 9.59 Å². The lowest BCUT2D eigenvalue weighted by atomic mass is 9.97. The van der Waals surface area contributed by atoms with Crippen LogP contribution in [-0.2, 0) is 9.59 Å². The fourth-order valence-electron chi connectivity index (χ4n) is 2.90. The van der Waals surface area contributed by atoms with Crippen molar-refractivity contribution in [3.8, 4) is 0 Å². The van der Waals surface area contributed by atoms with Crippen molar-refractivity contribution in [3.05, 3.63) is 24.3 Å². The van der Waals surface area contributed by atoms with Crippen molar-refractivity contribution in [1.29, 1.82) is 0 Å². The Hall–Kier alpha value is -2.57. The number of anilines is 2. The summed E-state index contributed by atoms with van der Waals surface area (Å²) >= 11 is 0. The van der Waals surface area contributed by atoms with Gasteiger partial charge in [-0.25, -0.2) is 4.79 Å². The largest absolute Gasteiger partial charge is 0.351 e. The smallest absolute Gasteiger partial charge is 0.316 e. The van der Waals surface area contributed by atoms with E-state index in [1.54, 1.807) is 29.2 Å². The molecule has 0 radical (unpaired) electrons. The highest BCUT2D eigenvalue weighted by atomic mass is 16.2. The molecule has 2 atom stereocenters. The van der Waals surface area contributed by atoms with Crippen molar-refractivity contribution >= 4 is 29.2 Å². The van der Waals surface area contributed by atoms with Crippen LogP contribution in [0.3, 0.4) is 0 Å². The summed E-state index contributed by atoms with van der Waals surface area (Å²) in [4.78, 5) is 37.0. The number of carbonyl (C=O) groups is 3. The Bertz CT molecular complexity index is 590. The predicted octanol–water partition coefficient (Wildman–Crippen LogP) is 1.91. The lowest BCUT2D eigenvalue weighted by Crippen LogP contribution is -2.51. The summed E-state index contributed by atoms with van der Waals surface area (Å²) in [5.41, 5.74) is 6.02. The van der Waals surface area contributed by atoms with Gasteiger partial charge in [0.25, 0.3) is 0 Å². The van der Waals surface area contributed by atoms with Crippen molar-refractivity contribution in [2.24, 2.45) is 5.73 Å². The van der Waals surface area contributed by atoms with Gasteiger partial charge in [0.15, 0.2) is 0 Å². The van der Waals surface area contributed by atoms with Gasteiger partial charge in [0.1, 0.15) is 0 Å². The van der Waals surface area contributed by atoms with Crippen LogP contribution in [0.15, 0.2) is 24.3 Å². The molecule has 1 aliphatic heterocycles. The molecule has 1 heterocycles. The first kappa shape index (κ1) is 16.8. The zero-order chi connectivity index (χ0) is 17.0. The van der Waals surface area contributed by atoms with Crippen molar-refractivity contribution in [1.82, 2.24) is 4.90 Å². The van der Waals surface area contributed by atoms with Crippen molar-refractivity contribution in [3.63, 3.8) is 0 Å². The number of piperidine rings is 1. The number of hydrogen-bond donors (Lipinski definition) is 3. The highest BCUT2D eigenvalue weighted by Crippen LogP contribution is 2.23. The summed E-state index contributed by atoms with van der Waals surface area (Å²) in [6.45, 7) is 3.93. The molecule has 0 aliphatic carbocycles. The first-order chi connectivity index (χ1) is 10.9. The molecule has 1 aliphatic rings. The molecule has 7 nitrogen and oxygen atoms in total. The van der Waals surface area contributed by atoms with Crippen LogP contribution in [0, 0.1) is 0 Å². The molecule has 2 rings (SSSR count). The van der Waals surface area contributed by atoms with E-state index in [-0.39, 0.29) is 12.1 Å². The number of primary amides is 1. The van der Waals surface area contributed by atoms with Crippen LogP contribution < -0.4 is 16.4 Å². The van der Waals surface area contributed by atoms with Crippen LogP contribution >= 0.6 is 0 Å². The molecule has 0 bridgehead atoms. The van der Waals surface area contributed by atoms with E-state index in [1.807, 2.05) is 13.8 Å². The molecular formula is C16H22N4O3. The number of likely N-dealkylation sites (tertiary alicyclic amines) is 1. The molecule has 23 heavy (non-hydrogen) atoms. The quantitative estimate of drug-likeness (QED) is 0.725. The number of nitrogens with zero attached hydrogens (tertiary/aromatic N) is 1. The molecule has 0 aromatic heterocycles. The molecule has 2 unspecified atom stereocenters. The van der Waals surface area contributed by atoms with Crippen LogP contribution in [0.5, 0.6) is 0 Å². The number of amides is 4. The van der Waals surface area contributed by atoms with Gasteiger partial charge in [-0.05, 0) is 57.4 Å². The second-order valence-corrected chi connectivity index (χ2v) is 5.86. The summed E-state index contributed by atoms with van der Waals surface area (Å²) in [6, 6.07) is 5.86. The zero-order valence-corrected chi connectivity index (χ0v) is 13.3. The van der Waals surface area contributed by atoms with Gasteiger partial charge >= 0.3 is 17.8 Å². The van der Waals surface area contributed by atoms with Gasteiger partial charge in [0, 0.05) is 23.5 Å². The lowest BCUT2D eigenvalue weighted by molar-refractivity contribution is -0.147. The van der Waals surface area contributed by atoms with E-state index in [2.05, 4.69) is 10.6 Å². The minimum absolute atomic E-state index is 0.0687. The number of nitrogens with two attached hydrogens (primary N) is 1. The van der Waals surface area contributed by atoms with E-state index in [9.17, 15) is 14.4 Å². The van der Waals surface area contributed by atoms with E-state index >= 15 is 0 Å². The molecule has 124 valence electrons. The van der Waals surface area contributed by atoms with Crippen molar-refractivity contribution < 1.29 is 14.4 Å². The Kier molecular flexibility index (Phi) is 5.20. The topological polar surface area (TPSA) is 105 Å². The number of urea groups is 1. The highest BCUT2D eigenvalue weighted by Gasteiger charge is 2.32. The number of hydrogen-bond acceptors (Lipinski definition) is 3. The summed E-state index contributed by atoms with van der Waals surface area (Å²) in [5.74, 6) is -1.16. The van der Waals surface area contributed by atoms with E-state index in [0.717, 1.165) is 19.3 Å². The molecular weight excluding hydrogens is 296 g/mol. The van der Waals surface area contributed by atoms with Crippen LogP contribution in [0.25, 0.3) is 0 Å². The third kappa shape index (κ3) is 4.21. The van der Waals surface area contributed by atoms with Crippen molar-refractivity contribution in [2.75, 3.05) is 10.6 Å². The molecule has 0 saturated carbocycles. The van der Waals surface area contributed by atoms with E-state index < -0.39 is 17.8 Å². The van der Waals surface area contributed by atoms with Gasteiger partial charge < -0.3 is 21.3 Å². The number of carbonyl (C=O) groups excluding carboxylic acids is 3. The minimum Gasteiger partial charge on any atom is -0.351 e. The maximum atomic E-state index is 12.4. The minimum atomic E-state index is -0.662. The molecule has 1 aromatic rings. The lowest BCUT2D eigenvalue weighted by Gasteiger charge is -2.38. The average molecular weight is 318 g/mol. The molecule has 4 amide bonds. The van der Waals surface area contributed by atoms with Gasteiger partial charge in [0.05, 0.1) is 0 Å². The Balaban J connectivity index is 2.00. The highest BCUT2D eigenvalue weighted by molar-refractivity contribution is 6.39. The molecule has 7 heteroatoms. The Morgan fingerprint density at radius 1 is 1.00 bits per heavy atom. The van der Waals surface area contributed by atoms with Gasteiger partial charge in [-0.1, -0.05) is 0 Å².